The van der Waals surface area contributed by atoms with Crippen LogP contribution in [0.5, 0.6) is 0 Å². The van der Waals surface area contributed by atoms with Crippen LogP contribution < -0.4 is 5.32 Å². The Kier molecular flexibility index (Phi) is 4.51. The third-order valence-corrected chi connectivity index (χ3v) is 5.37. The number of amides is 3. The molecule has 2 aliphatic rings. The van der Waals surface area contributed by atoms with Crippen molar-refractivity contribution in [2.45, 2.75) is 13.3 Å². The smallest absolute Gasteiger partial charge is 0.228 e. The minimum absolute atomic E-state index is 0.0226. The number of piperazine rings is 1. The summed E-state index contributed by atoms with van der Waals surface area (Å²) in [4.78, 5) is 44.5. The van der Waals surface area contributed by atoms with Gasteiger partial charge in [-0.2, -0.15) is 0 Å². The van der Waals surface area contributed by atoms with Crippen molar-refractivity contribution in [1.29, 1.82) is 0 Å². The number of fused-ring (bicyclic) bond motifs is 1. The molecule has 7 nitrogen and oxygen atoms in total. The molecule has 1 aromatic carbocycles. The Morgan fingerprint density at radius 1 is 1.00 bits per heavy atom. The molecule has 1 aliphatic heterocycles. The lowest BCUT2D eigenvalue weighted by Crippen LogP contribution is -2.50. The zero-order valence-electron chi connectivity index (χ0n) is 15.2. The molecule has 2 heterocycles. The molecule has 7 heteroatoms. The molecule has 2 fully saturated rings. The van der Waals surface area contributed by atoms with Crippen molar-refractivity contribution >= 4 is 34.3 Å². The quantitative estimate of drug-likeness (QED) is 0.892. The number of pyridine rings is 1. The summed E-state index contributed by atoms with van der Waals surface area (Å²) < 4.78 is 0. The molecular formula is C20H22N4O3. The van der Waals surface area contributed by atoms with Crippen molar-refractivity contribution in [2.75, 3.05) is 31.5 Å². The summed E-state index contributed by atoms with van der Waals surface area (Å²) in [7, 11) is 0. The molecule has 0 spiro atoms. The first kappa shape index (κ1) is 17.5. The van der Waals surface area contributed by atoms with E-state index in [-0.39, 0.29) is 29.6 Å². The number of hydrogen-bond acceptors (Lipinski definition) is 4. The van der Waals surface area contributed by atoms with Crippen molar-refractivity contribution in [3.63, 3.8) is 0 Å². The third kappa shape index (κ3) is 3.49. The largest absolute Gasteiger partial charge is 0.339 e. The average molecular weight is 366 g/mol. The highest BCUT2D eigenvalue weighted by atomic mass is 16.2. The molecule has 1 saturated carbocycles. The van der Waals surface area contributed by atoms with E-state index >= 15 is 0 Å². The molecule has 140 valence electrons. The fourth-order valence-electron chi connectivity index (χ4n) is 3.66. The maximum absolute atomic E-state index is 12.6. The lowest BCUT2D eigenvalue weighted by molar-refractivity contribution is -0.139. The number of nitrogens with one attached hydrogen (secondary N) is 1. The van der Waals surface area contributed by atoms with Crippen LogP contribution in [0.25, 0.3) is 10.9 Å². The molecule has 3 amide bonds. The number of aromatic nitrogens is 1. The molecule has 1 N–H and O–H groups in total. The third-order valence-electron chi connectivity index (χ3n) is 5.37. The summed E-state index contributed by atoms with van der Waals surface area (Å²) in [6.07, 6.45) is 2.28. The lowest BCUT2D eigenvalue weighted by atomic mass is 10.2. The van der Waals surface area contributed by atoms with E-state index in [0.29, 0.717) is 38.3 Å². The molecule has 27 heavy (non-hydrogen) atoms. The zero-order valence-corrected chi connectivity index (χ0v) is 15.2. The minimum atomic E-state index is -0.290. The maximum Gasteiger partial charge on any atom is 0.228 e. The molecule has 0 bridgehead atoms. The monoisotopic (exact) mass is 366 g/mol. The Bertz CT molecular complexity index is 900. The Morgan fingerprint density at radius 2 is 1.70 bits per heavy atom. The topological polar surface area (TPSA) is 82.6 Å². The number of rotatable bonds is 3. The van der Waals surface area contributed by atoms with Crippen LogP contribution in [0.1, 0.15) is 13.3 Å². The van der Waals surface area contributed by atoms with Gasteiger partial charge < -0.3 is 15.1 Å². The van der Waals surface area contributed by atoms with Crippen molar-refractivity contribution in [1.82, 2.24) is 14.8 Å². The summed E-state index contributed by atoms with van der Waals surface area (Å²) in [5.41, 5.74) is 1.42. The van der Waals surface area contributed by atoms with Crippen LogP contribution in [0.4, 0.5) is 5.69 Å². The Morgan fingerprint density at radius 3 is 2.44 bits per heavy atom. The highest BCUT2D eigenvalue weighted by Gasteiger charge is 2.49. The molecule has 2 aromatic rings. The summed E-state index contributed by atoms with van der Waals surface area (Å²) in [6.45, 7) is 3.74. The van der Waals surface area contributed by atoms with Gasteiger partial charge in [-0.1, -0.05) is 18.2 Å². The Balaban J connectivity index is 1.36. The zero-order chi connectivity index (χ0) is 19.0. The second kappa shape index (κ2) is 6.98. The summed E-state index contributed by atoms with van der Waals surface area (Å²) in [5, 5.41) is 3.89. The molecule has 4 rings (SSSR count). The van der Waals surface area contributed by atoms with E-state index in [1.54, 1.807) is 22.9 Å². The predicted octanol–water partition coefficient (Wildman–Crippen LogP) is 1.50. The van der Waals surface area contributed by atoms with Crippen LogP contribution in [0.2, 0.25) is 0 Å². The molecule has 1 aromatic heterocycles. The van der Waals surface area contributed by atoms with E-state index in [4.69, 9.17) is 0 Å². The van der Waals surface area contributed by atoms with Crippen LogP contribution in [-0.4, -0.2) is 58.7 Å². The van der Waals surface area contributed by atoms with Gasteiger partial charge in [-0.05, 0) is 18.6 Å². The van der Waals surface area contributed by atoms with Gasteiger partial charge in [-0.15, -0.1) is 0 Å². The van der Waals surface area contributed by atoms with Crippen molar-refractivity contribution in [3.05, 3.63) is 36.5 Å². The van der Waals surface area contributed by atoms with Gasteiger partial charge in [0.25, 0.3) is 0 Å². The van der Waals surface area contributed by atoms with Gasteiger partial charge in [-0.25, -0.2) is 0 Å². The molecule has 2 atom stereocenters. The summed E-state index contributed by atoms with van der Waals surface area (Å²) >= 11 is 0. The van der Waals surface area contributed by atoms with Crippen LogP contribution in [0.3, 0.4) is 0 Å². The van der Waals surface area contributed by atoms with Gasteiger partial charge in [0.2, 0.25) is 17.7 Å². The van der Waals surface area contributed by atoms with E-state index in [1.165, 1.54) is 0 Å². The van der Waals surface area contributed by atoms with Gasteiger partial charge in [-0.3, -0.25) is 19.4 Å². The highest BCUT2D eigenvalue weighted by molar-refractivity contribution is 6.04. The van der Waals surface area contributed by atoms with Crippen molar-refractivity contribution in [2.24, 2.45) is 11.8 Å². The van der Waals surface area contributed by atoms with E-state index in [2.05, 4.69) is 10.3 Å². The Hall–Kier alpha value is -2.96. The van der Waals surface area contributed by atoms with Gasteiger partial charge in [0.15, 0.2) is 0 Å². The van der Waals surface area contributed by atoms with E-state index < -0.39 is 0 Å². The second-order valence-corrected chi connectivity index (χ2v) is 7.15. The normalized spacial score (nSPS) is 21.8. The molecule has 2 unspecified atom stereocenters. The van der Waals surface area contributed by atoms with Crippen molar-refractivity contribution < 1.29 is 14.4 Å². The SMILES string of the molecule is CC(=O)N1CCN(C(=O)C2CC2C(=O)Nc2cccc3cccnc23)CC1. The second-order valence-electron chi connectivity index (χ2n) is 7.15. The molecule has 1 saturated heterocycles. The number of hydrogen-bond donors (Lipinski definition) is 1. The van der Waals surface area contributed by atoms with Crippen LogP contribution >= 0.6 is 0 Å². The average Bonchev–Trinajstić information content (AvgIpc) is 3.49. The maximum atomic E-state index is 12.6. The van der Waals surface area contributed by atoms with Crippen LogP contribution in [0.15, 0.2) is 36.5 Å². The molecule has 0 radical (unpaired) electrons. The highest BCUT2D eigenvalue weighted by Crippen LogP contribution is 2.41. The van der Waals surface area contributed by atoms with Gasteiger partial charge in [0, 0.05) is 44.7 Å². The predicted molar refractivity (Wildman–Crippen MR) is 101 cm³/mol. The fourth-order valence-corrected chi connectivity index (χ4v) is 3.66. The fraction of sp³-hybridized carbons (Fsp3) is 0.400. The summed E-state index contributed by atoms with van der Waals surface area (Å²) in [5.74, 6) is -0.614. The number of carbonyl (C=O) groups excluding carboxylic acids is 3. The van der Waals surface area contributed by atoms with E-state index in [0.717, 1.165) is 10.9 Å². The van der Waals surface area contributed by atoms with Gasteiger partial charge in [0.05, 0.1) is 23.0 Å². The first-order valence-corrected chi connectivity index (χ1v) is 9.23. The van der Waals surface area contributed by atoms with Crippen LogP contribution in [-0.2, 0) is 14.4 Å². The number of carbonyl (C=O) groups is 3. The van der Waals surface area contributed by atoms with Crippen LogP contribution in [0, 0.1) is 11.8 Å². The number of anilines is 1. The van der Waals surface area contributed by atoms with E-state index in [1.807, 2.05) is 30.3 Å². The molecule has 1 aliphatic carbocycles. The standard InChI is InChI=1S/C20H22N4O3/c1-13(25)23-8-10-24(11-9-23)20(27)16-12-15(16)19(26)22-17-6-2-4-14-5-3-7-21-18(14)17/h2-7,15-16H,8-12H2,1H3,(H,22,26). The number of benzene rings is 1. The number of nitrogens with zero attached hydrogens (tertiary/aromatic N) is 3. The van der Waals surface area contributed by atoms with E-state index in [9.17, 15) is 14.4 Å². The van der Waals surface area contributed by atoms with Gasteiger partial charge in [0.1, 0.15) is 0 Å². The van der Waals surface area contributed by atoms with Gasteiger partial charge >= 0.3 is 0 Å². The minimum Gasteiger partial charge on any atom is -0.339 e. The number of para-hydroxylation sites is 1. The first-order valence-electron chi connectivity index (χ1n) is 9.23. The Labute approximate surface area is 157 Å². The lowest BCUT2D eigenvalue weighted by Gasteiger charge is -2.34. The van der Waals surface area contributed by atoms with Crippen molar-refractivity contribution in [3.8, 4) is 0 Å². The summed E-state index contributed by atoms with van der Waals surface area (Å²) in [6, 6.07) is 9.46. The molecular weight excluding hydrogens is 344 g/mol. The first-order chi connectivity index (χ1) is 13.0.